The van der Waals surface area contributed by atoms with Crippen LogP contribution in [0.25, 0.3) is 0 Å². The standard InChI is InChI=1S/C26H24N4O5/c1-35-26(34)21-8-5-13-30(21)22(14-18-6-3-2-4-7-18)24(31)28-20-11-9-19(10-12-20)16-29-17-27-15-23(29)25(32)33/h2-13,15,17,22H,14,16H2,1H3,(H,28,31)(H,32,33). The number of aromatic nitrogens is 3. The van der Waals surface area contributed by atoms with Crippen LogP contribution in [0, 0.1) is 0 Å². The fourth-order valence-corrected chi connectivity index (χ4v) is 3.84. The van der Waals surface area contributed by atoms with Crippen molar-refractivity contribution in [1.29, 1.82) is 0 Å². The summed E-state index contributed by atoms with van der Waals surface area (Å²) in [6, 6.07) is 19.3. The van der Waals surface area contributed by atoms with E-state index in [1.165, 1.54) is 24.2 Å². The van der Waals surface area contributed by atoms with Crippen molar-refractivity contribution in [3.63, 3.8) is 0 Å². The van der Waals surface area contributed by atoms with Gasteiger partial charge in [0.1, 0.15) is 17.4 Å². The normalized spacial score (nSPS) is 11.6. The molecule has 4 rings (SSSR count). The summed E-state index contributed by atoms with van der Waals surface area (Å²) in [5.74, 6) is -1.86. The van der Waals surface area contributed by atoms with Gasteiger partial charge in [0, 0.05) is 24.8 Å². The molecule has 0 bridgehead atoms. The van der Waals surface area contributed by atoms with E-state index in [1.54, 1.807) is 35.0 Å². The van der Waals surface area contributed by atoms with Gasteiger partial charge in [-0.1, -0.05) is 42.5 Å². The first-order chi connectivity index (χ1) is 17.0. The Morgan fingerprint density at radius 1 is 0.971 bits per heavy atom. The molecule has 0 aliphatic rings. The number of anilines is 1. The zero-order valence-corrected chi connectivity index (χ0v) is 19.0. The highest BCUT2D eigenvalue weighted by Crippen LogP contribution is 2.21. The van der Waals surface area contributed by atoms with Gasteiger partial charge < -0.3 is 24.3 Å². The number of aromatic carboxylic acids is 1. The Kier molecular flexibility index (Phi) is 7.06. The molecule has 0 saturated heterocycles. The van der Waals surface area contributed by atoms with Crippen molar-refractivity contribution in [2.75, 3.05) is 12.4 Å². The molecule has 35 heavy (non-hydrogen) atoms. The maximum Gasteiger partial charge on any atom is 0.354 e. The van der Waals surface area contributed by atoms with Crippen molar-refractivity contribution in [2.45, 2.75) is 19.0 Å². The summed E-state index contributed by atoms with van der Waals surface area (Å²) >= 11 is 0. The van der Waals surface area contributed by atoms with Crippen LogP contribution < -0.4 is 5.32 Å². The quantitative estimate of drug-likeness (QED) is 0.360. The molecule has 2 N–H and O–H groups in total. The zero-order valence-electron chi connectivity index (χ0n) is 19.0. The van der Waals surface area contributed by atoms with Crippen LogP contribution in [0.15, 0.2) is 85.5 Å². The van der Waals surface area contributed by atoms with E-state index in [0.717, 1.165) is 11.1 Å². The van der Waals surface area contributed by atoms with Gasteiger partial charge in [0.25, 0.3) is 0 Å². The average molecular weight is 473 g/mol. The van der Waals surface area contributed by atoms with Gasteiger partial charge in [0.15, 0.2) is 0 Å². The van der Waals surface area contributed by atoms with Gasteiger partial charge in [0.2, 0.25) is 5.91 Å². The first-order valence-electron chi connectivity index (χ1n) is 10.9. The summed E-state index contributed by atoms with van der Waals surface area (Å²) in [5.41, 5.74) is 2.75. The third-order valence-electron chi connectivity index (χ3n) is 5.59. The number of imidazole rings is 1. The molecule has 0 radical (unpaired) electrons. The number of hydrogen-bond acceptors (Lipinski definition) is 5. The van der Waals surface area contributed by atoms with Crippen LogP contribution >= 0.6 is 0 Å². The number of nitrogens with one attached hydrogen (secondary N) is 1. The summed E-state index contributed by atoms with van der Waals surface area (Å²) in [4.78, 5) is 40.8. The predicted molar refractivity (Wildman–Crippen MR) is 128 cm³/mol. The van der Waals surface area contributed by atoms with Gasteiger partial charge in [-0.25, -0.2) is 14.6 Å². The lowest BCUT2D eigenvalue weighted by atomic mass is 10.0. The minimum Gasteiger partial charge on any atom is -0.477 e. The number of amides is 1. The van der Waals surface area contributed by atoms with E-state index in [9.17, 15) is 19.5 Å². The third-order valence-corrected chi connectivity index (χ3v) is 5.59. The van der Waals surface area contributed by atoms with E-state index < -0.39 is 18.0 Å². The molecule has 0 spiro atoms. The lowest BCUT2D eigenvalue weighted by molar-refractivity contribution is -0.119. The molecule has 178 valence electrons. The Hall–Kier alpha value is -4.66. The van der Waals surface area contributed by atoms with Crippen molar-refractivity contribution in [3.05, 3.63) is 108 Å². The van der Waals surface area contributed by atoms with Crippen LogP contribution in [0.2, 0.25) is 0 Å². The van der Waals surface area contributed by atoms with E-state index in [4.69, 9.17) is 4.74 Å². The molecule has 9 nitrogen and oxygen atoms in total. The highest BCUT2D eigenvalue weighted by molar-refractivity contribution is 5.95. The molecular formula is C26H24N4O5. The molecule has 0 aliphatic heterocycles. The lowest BCUT2D eigenvalue weighted by Gasteiger charge is -2.21. The van der Waals surface area contributed by atoms with Gasteiger partial charge in [-0.2, -0.15) is 0 Å². The van der Waals surface area contributed by atoms with Crippen LogP contribution in [-0.4, -0.2) is 44.2 Å². The molecule has 2 aromatic carbocycles. The van der Waals surface area contributed by atoms with Crippen molar-refractivity contribution >= 4 is 23.5 Å². The first kappa shape index (κ1) is 23.5. The molecule has 2 aromatic heterocycles. The van der Waals surface area contributed by atoms with Crippen molar-refractivity contribution in [1.82, 2.24) is 14.1 Å². The molecule has 2 heterocycles. The lowest BCUT2D eigenvalue weighted by Crippen LogP contribution is -2.29. The fraction of sp³-hybridized carbons (Fsp3) is 0.154. The second-order valence-electron chi connectivity index (χ2n) is 7.90. The van der Waals surface area contributed by atoms with Crippen molar-refractivity contribution in [2.24, 2.45) is 0 Å². The number of methoxy groups -OCH3 is 1. The molecule has 0 aliphatic carbocycles. The Labute approximate surface area is 201 Å². The number of carboxylic acid groups (broad SMARTS) is 1. The number of rotatable bonds is 9. The SMILES string of the molecule is COC(=O)c1cccn1C(Cc1ccccc1)C(=O)Nc1ccc(Cn2cncc2C(=O)O)cc1. The van der Waals surface area contributed by atoms with Crippen LogP contribution in [-0.2, 0) is 22.5 Å². The van der Waals surface area contributed by atoms with Crippen molar-refractivity contribution in [3.8, 4) is 0 Å². The molecule has 1 atom stereocenters. The van der Waals surface area contributed by atoms with E-state index >= 15 is 0 Å². The highest BCUT2D eigenvalue weighted by Gasteiger charge is 2.25. The average Bonchev–Trinajstić information content (AvgIpc) is 3.54. The number of carbonyl (C=O) groups is 3. The first-order valence-corrected chi connectivity index (χ1v) is 10.9. The molecular weight excluding hydrogens is 448 g/mol. The highest BCUT2D eigenvalue weighted by atomic mass is 16.5. The molecule has 4 aromatic rings. The number of esters is 1. The van der Waals surface area contributed by atoms with Gasteiger partial charge >= 0.3 is 11.9 Å². The summed E-state index contributed by atoms with van der Waals surface area (Å²) in [6.07, 6.45) is 4.83. The summed E-state index contributed by atoms with van der Waals surface area (Å²) in [5, 5.41) is 12.2. The smallest absolute Gasteiger partial charge is 0.354 e. The van der Waals surface area contributed by atoms with E-state index in [1.807, 2.05) is 42.5 Å². The number of nitrogens with zero attached hydrogens (tertiary/aromatic N) is 3. The van der Waals surface area contributed by atoms with Crippen LogP contribution in [0.3, 0.4) is 0 Å². The Bertz CT molecular complexity index is 1330. The Balaban J connectivity index is 1.53. The third kappa shape index (κ3) is 5.47. The van der Waals surface area contributed by atoms with E-state index in [2.05, 4.69) is 10.3 Å². The fourth-order valence-electron chi connectivity index (χ4n) is 3.84. The van der Waals surface area contributed by atoms with Crippen molar-refractivity contribution < 1.29 is 24.2 Å². The van der Waals surface area contributed by atoms with Gasteiger partial charge in [-0.3, -0.25) is 4.79 Å². The summed E-state index contributed by atoms with van der Waals surface area (Å²) in [6.45, 7) is 0.332. The summed E-state index contributed by atoms with van der Waals surface area (Å²) in [7, 11) is 1.30. The van der Waals surface area contributed by atoms with E-state index in [-0.39, 0.29) is 17.3 Å². The Morgan fingerprint density at radius 2 is 1.71 bits per heavy atom. The van der Waals surface area contributed by atoms with Gasteiger partial charge in [-0.15, -0.1) is 0 Å². The van der Waals surface area contributed by atoms with Crippen LogP contribution in [0.1, 0.15) is 38.1 Å². The number of ether oxygens (including phenoxy) is 1. The van der Waals surface area contributed by atoms with Crippen LogP contribution in [0.4, 0.5) is 5.69 Å². The second kappa shape index (κ2) is 10.5. The minimum absolute atomic E-state index is 0.0965. The molecule has 1 unspecified atom stereocenters. The molecule has 9 heteroatoms. The number of benzene rings is 2. The number of hydrogen-bond donors (Lipinski definition) is 2. The van der Waals surface area contributed by atoms with Gasteiger partial charge in [-0.05, 0) is 35.4 Å². The predicted octanol–water partition coefficient (Wildman–Crippen LogP) is 3.64. The maximum absolute atomic E-state index is 13.4. The monoisotopic (exact) mass is 472 g/mol. The summed E-state index contributed by atoms with van der Waals surface area (Å²) < 4.78 is 8.03. The van der Waals surface area contributed by atoms with E-state index in [0.29, 0.717) is 18.7 Å². The molecule has 1 amide bonds. The minimum atomic E-state index is -1.05. The number of carboxylic acids is 1. The topological polar surface area (TPSA) is 115 Å². The second-order valence-corrected chi connectivity index (χ2v) is 7.90. The maximum atomic E-state index is 13.4. The molecule has 0 saturated carbocycles. The van der Waals surface area contributed by atoms with Gasteiger partial charge in [0.05, 0.1) is 19.6 Å². The number of carbonyl (C=O) groups excluding carboxylic acids is 2. The largest absolute Gasteiger partial charge is 0.477 e. The van der Waals surface area contributed by atoms with Crippen LogP contribution in [0.5, 0.6) is 0 Å². The molecule has 0 fully saturated rings. The Morgan fingerprint density at radius 3 is 2.40 bits per heavy atom. The zero-order chi connectivity index (χ0) is 24.8.